The van der Waals surface area contributed by atoms with Crippen LogP contribution in [0, 0.1) is 0 Å². The Labute approximate surface area is 131 Å². The molecule has 1 aromatic rings. The lowest BCUT2D eigenvalue weighted by molar-refractivity contribution is -0.120. The van der Waals surface area contributed by atoms with Crippen molar-refractivity contribution < 1.29 is 4.79 Å². The van der Waals surface area contributed by atoms with E-state index in [1.807, 2.05) is 11.5 Å². The van der Waals surface area contributed by atoms with E-state index in [9.17, 15) is 4.79 Å². The van der Waals surface area contributed by atoms with Gasteiger partial charge >= 0.3 is 0 Å². The standard InChI is InChI=1S/C14H27N5OS/c1-5-6-7-8-16-13(20)11(4)21-14-18-17-12(9-15)19(14)10(2)3/h10-11H,5-9,15H2,1-4H3,(H,16,20). The van der Waals surface area contributed by atoms with Crippen LogP contribution in [0.2, 0.25) is 0 Å². The van der Waals surface area contributed by atoms with Gasteiger partial charge in [-0.1, -0.05) is 31.5 Å². The minimum Gasteiger partial charge on any atom is -0.355 e. The largest absolute Gasteiger partial charge is 0.355 e. The molecule has 0 aliphatic rings. The molecular weight excluding hydrogens is 286 g/mol. The van der Waals surface area contributed by atoms with Crippen LogP contribution < -0.4 is 11.1 Å². The first-order valence-electron chi connectivity index (χ1n) is 7.59. The molecule has 1 amide bonds. The lowest BCUT2D eigenvalue weighted by Crippen LogP contribution is -2.31. The highest BCUT2D eigenvalue weighted by Gasteiger charge is 2.20. The van der Waals surface area contributed by atoms with Gasteiger partial charge in [0.2, 0.25) is 5.91 Å². The number of hydrogen-bond acceptors (Lipinski definition) is 5. The van der Waals surface area contributed by atoms with Gasteiger partial charge in [0.25, 0.3) is 0 Å². The van der Waals surface area contributed by atoms with Gasteiger partial charge < -0.3 is 15.6 Å². The van der Waals surface area contributed by atoms with Crippen LogP contribution in [0.25, 0.3) is 0 Å². The summed E-state index contributed by atoms with van der Waals surface area (Å²) in [4.78, 5) is 12.1. The van der Waals surface area contributed by atoms with Crippen molar-refractivity contribution in [3.8, 4) is 0 Å². The van der Waals surface area contributed by atoms with Gasteiger partial charge in [-0.05, 0) is 27.2 Å². The molecule has 21 heavy (non-hydrogen) atoms. The van der Waals surface area contributed by atoms with Crippen LogP contribution in [0.1, 0.15) is 58.8 Å². The monoisotopic (exact) mass is 313 g/mol. The number of hydrogen-bond donors (Lipinski definition) is 2. The highest BCUT2D eigenvalue weighted by Crippen LogP contribution is 2.25. The van der Waals surface area contributed by atoms with Crippen molar-refractivity contribution in [2.75, 3.05) is 6.54 Å². The van der Waals surface area contributed by atoms with Gasteiger partial charge in [0.1, 0.15) is 5.82 Å². The molecule has 3 N–H and O–H groups in total. The summed E-state index contributed by atoms with van der Waals surface area (Å²) in [6.07, 6.45) is 3.32. The van der Waals surface area contributed by atoms with Crippen LogP contribution in [-0.2, 0) is 11.3 Å². The van der Waals surface area contributed by atoms with Gasteiger partial charge in [-0.25, -0.2) is 0 Å². The van der Waals surface area contributed by atoms with Gasteiger partial charge in [-0.15, -0.1) is 10.2 Å². The molecule has 120 valence electrons. The van der Waals surface area contributed by atoms with Crippen LogP contribution in [0.15, 0.2) is 5.16 Å². The second-order valence-electron chi connectivity index (χ2n) is 5.32. The Kier molecular flexibility index (Phi) is 7.74. The molecule has 1 unspecified atom stereocenters. The van der Waals surface area contributed by atoms with Gasteiger partial charge in [-0.3, -0.25) is 4.79 Å². The number of nitrogens with zero attached hydrogens (tertiary/aromatic N) is 3. The maximum Gasteiger partial charge on any atom is 0.233 e. The molecule has 0 fully saturated rings. The molecule has 1 aromatic heterocycles. The van der Waals surface area contributed by atoms with Crippen molar-refractivity contribution in [1.82, 2.24) is 20.1 Å². The smallest absolute Gasteiger partial charge is 0.233 e. The Morgan fingerprint density at radius 1 is 1.33 bits per heavy atom. The minimum absolute atomic E-state index is 0.0451. The summed E-state index contributed by atoms with van der Waals surface area (Å²) < 4.78 is 1.99. The quantitative estimate of drug-likeness (QED) is 0.538. The predicted octanol–water partition coefficient (Wildman–Crippen LogP) is 2.10. The summed E-state index contributed by atoms with van der Waals surface area (Å²) in [5.74, 6) is 0.798. The third-order valence-corrected chi connectivity index (χ3v) is 4.22. The summed E-state index contributed by atoms with van der Waals surface area (Å²) in [5.41, 5.74) is 5.67. The number of nitrogens with one attached hydrogen (secondary N) is 1. The van der Waals surface area contributed by atoms with E-state index in [4.69, 9.17) is 5.73 Å². The first kappa shape index (κ1) is 18.0. The third-order valence-electron chi connectivity index (χ3n) is 3.17. The summed E-state index contributed by atoms with van der Waals surface area (Å²) in [6, 6.07) is 0.223. The average Bonchev–Trinajstić information content (AvgIpc) is 2.86. The molecule has 0 aliphatic heterocycles. The minimum atomic E-state index is -0.195. The van der Waals surface area contributed by atoms with E-state index in [1.54, 1.807) is 0 Å². The molecular formula is C14H27N5OS. The second kappa shape index (κ2) is 9.04. The molecule has 0 spiro atoms. The number of thioether (sulfide) groups is 1. The molecule has 1 heterocycles. The molecule has 1 rings (SSSR count). The zero-order valence-corrected chi connectivity index (χ0v) is 14.2. The van der Waals surface area contributed by atoms with Crippen molar-refractivity contribution >= 4 is 17.7 Å². The van der Waals surface area contributed by atoms with E-state index < -0.39 is 0 Å². The average molecular weight is 313 g/mol. The molecule has 1 atom stereocenters. The zero-order chi connectivity index (χ0) is 15.8. The van der Waals surface area contributed by atoms with Crippen molar-refractivity contribution in [3.63, 3.8) is 0 Å². The van der Waals surface area contributed by atoms with E-state index in [0.717, 1.165) is 36.8 Å². The number of unbranched alkanes of at least 4 members (excludes halogenated alkanes) is 2. The Balaban J connectivity index is 2.60. The predicted molar refractivity (Wildman–Crippen MR) is 86.2 cm³/mol. The van der Waals surface area contributed by atoms with Crippen molar-refractivity contribution in [1.29, 1.82) is 0 Å². The van der Waals surface area contributed by atoms with E-state index in [2.05, 4.69) is 36.3 Å². The molecule has 0 aliphatic carbocycles. The fourth-order valence-electron chi connectivity index (χ4n) is 1.99. The van der Waals surface area contributed by atoms with E-state index >= 15 is 0 Å². The van der Waals surface area contributed by atoms with Crippen molar-refractivity contribution in [2.24, 2.45) is 5.73 Å². The zero-order valence-electron chi connectivity index (χ0n) is 13.4. The molecule has 0 saturated carbocycles. The maximum atomic E-state index is 12.1. The van der Waals surface area contributed by atoms with Gasteiger partial charge in [0.15, 0.2) is 5.16 Å². The van der Waals surface area contributed by atoms with Gasteiger partial charge in [0.05, 0.1) is 11.8 Å². The van der Waals surface area contributed by atoms with Crippen LogP contribution in [-0.4, -0.2) is 32.5 Å². The van der Waals surface area contributed by atoms with Gasteiger partial charge in [0, 0.05) is 12.6 Å². The molecule has 0 aromatic carbocycles. The number of aromatic nitrogens is 3. The fourth-order valence-corrected chi connectivity index (χ4v) is 3.01. The first-order chi connectivity index (χ1) is 10.0. The van der Waals surface area contributed by atoms with Crippen LogP contribution in [0.4, 0.5) is 0 Å². The molecule has 0 bridgehead atoms. The Hall–Kier alpha value is -1.08. The lowest BCUT2D eigenvalue weighted by Gasteiger charge is -2.15. The number of carbonyl (C=O) groups excluding carboxylic acids is 1. The Morgan fingerprint density at radius 2 is 2.05 bits per heavy atom. The maximum absolute atomic E-state index is 12.1. The molecule has 6 nitrogen and oxygen atoms in total. The van der Waals surface area contributed by atoms with Crippen LogP contribution >= 0.6 is 11.8 Å². The molecule has 0 radical (unpaired) electrons. The van der Waals surface area contributed by atoms with Crippen LogP contribution in [0.3, 0.4) is 0 Å². The Morgan fingerprint density at radius 3 is 2.62 bits per heavy atom. The van der Waals surface area contributed by atoms with E-state index in [0.29, 0.717) is 6.54 Å². The summed E-state index contributed by atoms with van der Waals surface area (Å²) in [6.45, 7) is 9.24. The second-order valence-corrected chi connectivity index (χ2v) is 6.63. The normalized spacial score (nSPS) is 12.7. The van der Waals surface area contributed by atoms with Gasteiger partial charge in [-0.2, -0.15) is 0 Å². The third kappa shape index (κ3) is 5.32. The van der Waals surface area contributed by atoms with E-state index in [1.165, 1.54) is 11.8 Å². The number of amides is 1. The lowest BCUT2D eigenvalue weighted by atomic mass is 10.2. The van der Waals surface area contributed by atoms with Crippen molar-refractivity contribution in [2.45, 2.75) is 70.0 Å². The highest BCUT2D eigenvalue weighted by molar-refractivity contribution is 8.00. The van der Waals surface area contributed by atoms with E-state index in [-0.39, 0.29) is 17.2 Å². The highest BCUT2D eigenvalue weighted by atomic mass is 32.2. The summed E-state index contributed by atoms with van der Waals surface area (Å²) >= 11 is 1.43. The SMILES string of the molecule is CCCCCNC(=O)C(C)Sc1nnc(CN)n1C(C)C. The number of nitrogens with two attached hydrogens (primary N) is 1. The van der Waals surface area contributed by atoms with Crippen molar-refractivity contribution in [3.05, 3.63) is 5.82 Å². The Bertz CT molecular complexity index is 447. The fraction of sp³-hybridized carbons (Fsp3) is 0.786. The molecule has 0 saturated heterocycles. The molecule has 7 heteroatoms. The first-order valence-corrected chi connectivity index (χ1v) is 8.47. The summed E-state index contributed by atoms with van der Waals surface area (Å²) in [7, 11) is 0. The topological polar surface area (TPSA) is 85.8 Å². The number of rotatable bonds is 9. The summed E-state index contributed by atoms with van der Waals surface area (Å²) in [5, 5.41) is 11.8. The number of carbonyl (C=O) groups is 1. The van der Waals surface area contributed by atoms with Crippen LogP contribution in [0.5, 0.6) is 0 Å².